The Morgan fingerprint density at radius 3 is 2.07 bits per heavy atom. The molecule has 0 saturated carbocycles. The third kappa shape index (κ3) is 4.89. The summed E-state index contributed by atoms with van der Waals surface area (Å²) < 4.78 is 10.5. The van der Waals surface area contributed by atoms with Crippen molar-refractivity contribution in [1.29, 1.82) is 0 Å². The molecule has 3 aromatic carbocycles. The molecule has 0 amide bonds. The van der Waals surface area contributed by atoms with Crippen LogP contribution in [0, 0.1) is 10.1 Å². The van der Waals surface area contributed by atoms with Gasteiger partial charge in [0.15, 0.2) is 11.5 Å². The van der Waals surface area contributed by atoms with E-state index in [2.05, 4.69) is 4.99 Å². The fraction of sp³-hybridized carbons (Fsp3) is 0.0952. The lowest BCUT2D eigenvalue weighted by Crippen LogP contribution is -1.91. The number of rotatable bonds is 7. The number of aliphatic imine (C=N–C) groups is 1. The number of non-ortho nitro benzene ring substituents is 1. The van der Waals surface area contributed by atoms with E-state index in [1.807, 2.05) is 42.5 Å². The van der Waals surface area contributed by atoms with E-state index in [4.69, 9.17) is 9.47 Å². The van der Waals surface area contributed by atoms with E-state index in [0.717, 1.165) is 21.0 Å². The molecule has 0 radical (unpaired) electrons. The number of methoxy groups -OCH3 is 2. The lowest BCUT2D eigenvalue weighted by molar-refractivity contribution is -0.384. The summed E-state index contributed by atoms with van der Waals surface area (Å²) in [6, 6.07) is 19.9. The van der Waals surface area contributed by atoms with Crippen LogP contribution in [0.2, 0.25) is 0 Å². The Labute approximate surface area is 167 Å². The Hall–Kier alpha value is -3.32. The van der Waals surface area contributed by atoms with Crippen LogP contribution in [0.5, 0.6) is 11.5 Å². The molecule has 0 heterocycles. The lowest BCUT2D eigenvalue weighted by Gasteiger charge is -2.07. The number of benzene rings is 3. The smallest absolute Gasteiger partial charge is 0.269 e. The largest absolute Gasteiger partial charge is 0.493 e. The predicted octanol–water partition coefficient (Wildman–Crippen LogP) is 5.51. The van der Waals surface area contributed by atoms with Crippen molar-refractivity contribution in [2.24, 2.45) is 4.99 Å². The van der Waals surface area contributed by atoms with E-state index in [-0.39, 0.29) is 5.69 Å². The van der Waals surface area contributed by atoms with Crippen LogP contribution >= 0.6 is 11.8 Å². The summed E-state index contributed by atoms with van der Waals surface area (Å²) in [5.74, 6) is 1.33. The highest BCUT2D eigenvalue weighted by Gasteiger charge is 2.05. The summed E-state index contributed by atoms with van der Waals surface area (Å²) in [7, 11) is 3.20. The molecule has 0 aliphatic heterocycles. The van der Waals surface area contributed by atoms with Gasteiger partial charge >= 0.3 is 0 Å². The van der Waals surface area contributed by atoms with Crippen molar-refractivity contribution < 1.29 is 14.4 Å². The van der Waals surface area contributed by atoms with E-state index in [1.54, 1.807) is 32.6 Å². The van der Waals surface area contributed by atoms with Crippen LogP contribution in [-0.2, 0) is 0 Å². The molecule has 7 heteroatoms. The highest BCUT2D eigenvalue weighted by molar-refractivity contribution is 7.99. The quantitative estimate of drug-likeness (QED) is 0.300. The van der Waals surface area contributed by atoms with Gasteiger partial charge in [0, 0.05) is 28.1 Å². The standard InChI is InChI=1S/C21H18N2O4S/c1-26-20-12-3-15(13-21(20)27-2)14-22-16-4-8-18(9-5-16)28-19-10-6-17(7-11-19)23(24)25/h3-14H,1-2H3. The monoisotopic (exact) mass is 394 g/mol. The van der Waals surface area contributed by atoms with Gasteiger partial charge in [-0.2, -0.15) is 0 Å². The maximum absolute atomic E-state index is 10.7. The maximum Gasteiger partial charge on any atom is 0.269 e. The van der Waals surface area contributed by atoms with Gasteiger partial charge in [-0.05, 0) is 60.2 Å². The van der Waals surface area contributed by atoms with Gasteiger partial charge in [-0.1, -0.05) is 11.8 Å². The van der Waals surface area contributed by atoms with Crippen LogP contribution in [0.25, 0.3) is 0 Å². The van der Waals surface area contributed by atoms with Crippen molar-refractivity contribution >= 4 is 29.4 Å². The molecule has 6 nitrogen and oxygen atoms in total. The van der Waals surface area contributed by atoms with Crippen molar-refractivity contribution in [3.8, 4) is 11.5 Å². The average Bonchev–Trinajstić information content (AvgIpc) is 2.73. The summed E-state index contributed by atoms with van der Waals surface area (Å²) in [5.41, 5.74) is 1.81. The molecular weight excluding hydrogens is 376 g/mol. The van der Waals surface area contributed by atoms with Crippen LogP contribution in [0.15, 0.2) is 81.5 Å². The lowest BCUT2D eigenvalue weighted by atomic mass is 10.2. The number of ether oxygens (including phenoxy) is 2. The topological polar surface area (TPSA) is 74.0 Å². The van der Waals surface area contributed by atoms with Crippen LogP contribution in [-0.4, -0.2) is 25.4 Å². The van der Waals surface area contributed by atoms with Gasteiger partial charge in [-0.3, -0.25) is 15.1 Å². The van der Waals surface area contributed by atoms with E-state index in [0.29, 0.717) is 11.5 Å². The summed E-state index contributed by atoms with van der Waals surface area (Å²) in [6.45, 7) is 0. The molecule has 3 rings (SSSR count). The molecule has 0 aliphatic carbocycles. The molecule has 0 N–H and O–H groups in total. The zero-order chi connectivity index (χ0) is 19.9. The second-order valence-corrected chi connectivity index (χ2v) is 6.87. The molecule has 142 valence electrons. The molecular formula is C21H18N2O4S. The second kappa shape index (κ2) is 9.05. The van der Waals surface area contributed by atoms with Gasteiger partial charge in [-0.25, -0.2) is 0 Å². The third-order valence-corrected chi connectivity index (χ3v) is 4.91. The molecule has 0 saturated heterocycles. The maximum atomic E-state index is 10.7. The zero-order valence-corrected chi connectivity index (χ0v) is 16.2. The number of nitro benzene ring substituents is 1. The van der Waals surface area contributed by atoms with Crippen molar-refractivity contribution in [2.75, 3.05) is 14.2 Å². The molecule has 0 fully saturated rings. The molecule has 0 atom stereocenters. The predicted molar refractivity (Wildman–Crippen MR) is 110 cm³/mol. The van der Waals surface area contributed by atoms with Gasteiger partial charge in [0.2, 0.25) is 0 Å². The summed E-state index contributed by atoms with van der Waals surface area (Å²) >= 11 is 1.54. The van der Waals surface area contributed by atoms with E-state index >= 15 is 0 Å². The second-order valence-electron chi connectivity index (χ2n) is 5.72. The number of nitro groups is 1. The normalized spacial score (nSPS) is 10.8. The van der Waals surface area contributed by atoms with Crippen molar-refractivity contribution in [1.82, 2.24) is 0 Å². The van der Waals surface area contributed by atoms with Gasteiger partial charge in [-0.15, -0.1) is 0 Å². The Bertz CT molecular complexity index is 986. The van der Waals surface area contributed by atoms with Crippen LogP contribution < -0.4 is 9.47 Å². The van der Waals surface area contributed by atoms with Crippen LogP contribution in [0.3, 0.4) is 0 Å². The molecule has 0 bridgehead atoms. The minimum absolute atomic E-state index is 0.0872. The first-order valence-electron chi connectivity index (χ1n) is 8.37. The molecule has 0 aromatic heterocycles. The number of nitrogens with zero attached hydrogens (tertiary/aromatic N) is 2. The molecule has 0 aliphatic rings. The first-order valence-corrected chi connectivity index (χ1v) is 9.19. The summed E-state index contributed by atoms with van der Waals surface area (Å²) in [5, 5.41) is 10.7. The Morgan fingerprint density at radius 1 is 0.893 bits per heavy atom. The fourth-order valence-electron chi connectivity index (χ4n) is 2.45. The van der Waals surface area contributed by atoms with E-state index in [1.165, 1.54) is 23.9 Å². The van der Waals surface area contributed by atoms with Crippen molar-refractivity contribution in [3.05, 3.63) is 82.4 Å². The molecule has 0 spiro atoms. The van der Waals surface area contributed by atoms with Crippen LogP contribution in [0.4, 0.5) is 11.4 Å². The van der Waals surface area contributed by atoms with Gasteiger partial charge in [0.1, 0.15) is 0 Å². The third-order valence-electron chi connectivity index (χ3n) is 3.89. The van der Waals surface area contributed by atoms with Gasteiger partial charge in [0.25, 0.3) is 5.69 Å². The zero-order valence-electron chi connectivity index (χ0n) is 15.4. The van der Waals surface area contributed by atoms with Crippen LogP contribution in [0.1, 0.15) is 5.56 Å². The first kappa shape index (κ1) is 19.4. The van der Waals surface area contributed by atoms with Gasteiger partial charge < -0.3 is 9.47 Å². The molecule has 28 heavy (non-hydrogen) atoms. The van der Waals surface area contributed by atoms with Crippen molar-refractivity contribution in [2.45, 2.75) is 9.79 Å². The highest BCUT2D eigenvalue weighted by atomic mass is 32.2. The molecule has 0 unspecified atom stereocenters. The Balaban J connectivity index is 1.67. The minimum Gasteiger partial charge on any atom is -0.493 e. The Kier molecular flexibility index (Phi) is 6.29. The van der Waals surface area contributed by atoms with E-state index in [9.17, 15) is 10.1 Å². The highest BCUT2D eigenvalue weighted by Crippen LogP contribution is 2.30. The number of hydrogen-bond donors (Lipinski definition) is 0. The summed E-state index contributed by atoms with van der Waals surface area (Å²) in [4.78, 5) is 16.8. The fourth-order valence-corrected chi connectivity index (χ4v) is 3.27. The first-order chi connectivity index (χ1) is 13.6. The Morgan fingerprint density at radius 2 is 1.50 bits per heavy atom. The molecule has 3 aromatic rings. The van der Waals surface area contributed by atoms with Gasteiger partial charge in [0.05, 0.1) is 24.8 Å². The minimum atomic E-state index is -0.403. The number of hydrogen-bond acceptors (Lipinski definition) is 6. The van der Waals surface area contributed by atoms with E-state index < -0.39 is 4.92 Å². The SMILES string of the molecule is COc1ccc(C=Nc2ccc(Sc3ccc([N+](=O)[O-])cc3)cc2)cc1OC. The average molecular weight is 394 g/mol. The summed E-state index contributed by atoms with van der Waals surface area (Å²) in [6.07, 6.45) is 1.76. The van der Waals surface area contributed by atoms with Crippen molar-refractivity contribution in [3.63, 3.8) is 0 Å².